The van der Waals surface area contributed by atoms with Crippen molar-refractivity contribution >= 4 is 17.9 Å². The number of hydrogen-bond donors (Lipinski definition) is 1. The number of piperazine rings is 1. The lowest BCUT2D eigenvalue weighted by molar-refractivity contribution is -0.145. The SMILES string of the molecule is CC(C)(C)OC(=O)NC(C)(C)C(=O)N1CC(N2CCN(C3CCN(C(=O)c4cc(C(F)(F)F)cc(C(F)(F)F)c4)C(Cc4ccccc4)C3)CC2)C1. The Morgan fingerprint density at radius 1 is 0.769 bits per heavy atom. The van der Waals surface area contributed by atoms with E-state index < -0.39 is 58.2 Å². The van der Waals surface area contributed by atoms with Crippen molar-refractivity contribution in [3.8, 4) is 0 Å². The number of rotatable bonds is 7. The van der Waals surface area contributed by atoms with Gasteiger partial charge in [0.15, 0.2) is 0 Å². The van der Waals surface area contributed by atoms with Gasteiger partial charge in [-0.1, -0.05) is 30.3 Å². The molecule has 2 atom stereocenters. The summed E-state index contributed by atoms with van der Waals surface area (Å²) in [6.45, 7) is 12.7. The summed E-state index contributed by atoms with van der Waals surface area (Å²) in [6, 6.07) is 10.1. The largest absolute Gasteiger partial charge is 0.444 e. The Morgan fingerprint density at radius 2 is 1.31 bits per heavy atom. The lowest BCUT2D eigenvalue weighted by atomic mass is 9.90. The first-order chi connectivity index (χ1) is 24.1. The van der Waals surface area contributed by atoms with Crippen LogP contribution in [0.5, 0.6) is 0 Å². The second-order valence-electron chi connectivity index (χ2n) is 15.5. The second-order valence-corrected chi connectivity index (χ2v) is 15.5. The first kappa shape index (κ1) is 39.4. The van der Waals surface area contributed by atoms with Crippen LogP contribution in [0.4, 0.5) is 31.1 Å². The fraction of sp³-hybridized carbons (Fsp3) is 0.595. The molecule has 3 aliphatic rings. The Morgan fingerprint density at radius 3 is 1.83 bits per heavy atom. The van der Waals surface area contributed by atoms with Crippen LogP contribution in [0.25, 0.3) is 0 Å². The van der Waals surface area contributed by atoms with Crippen molar-refractivity contribution in [2.45, 2.75) is 95.5 Å². The van der Waals surface area contributed by atoms with Gasteiger partial charge in [0.2, 0.25) is 5.91 Å². The number of carbonyl (C=O) groups excluding carboxylic acids is 3. The van der Waals surface area contributed by atoms with Gasteiger partial charge in [0, 0.05) is 69.5 Å². The van der Waals surface area contributed by atoms with Gasteiger partial charge in [-0.25, -0.2) is 4.79 Å². The van der Waals surface area contributed by atoms with Gasteiger partial charge in [0.25, 0.3) is 5.91 Å². The van der Waals surface area contributed by atoms with E-state index in [1.54, 1.807) is 39.5 Å². The quantitative estimate of drug-likeness (QED) is 0.348. The molecule has 0 radical (unpaired) electrons. The molecule has 0 aromatic heterocycles. The van der Waals surface area contributed by atoms with Crippen molar-refractivity contribution in [3.63, 3.8) is 0 Å². The maximum Gasteiger partial charge on any atom is 0.416 e. The average molecular weight is 740 g/mol. The molecule has 52 heavy (non-hydrogen) atoms. The maximum atomic E-state index is 13.8. The van der Waals surface area contributed by atoms with Gasteiger partial charge < -0.3 is 19.9 Å². The van der Waals surface area contributed by atoms with Gasteiger partial charge in [-0.2, -0.15) is 26.3 Å². The molecule has 9 nitrogen and oxygen atoms in total. The first-order valence-electron chi connectivity index (χ1n) is 17.5. The van der Waals surface area contributed by atoms with E-state index in [9.17, 15) is 40.7 Å². The van der Waals surface area contributed by atoms with E-state index in [2.05, 4.69) is 15.1 Å². The maximum absolute atomic E-state index is 13.8. The Bertz CT molecular complexity index is 1560. The van der Waals surface area contributed by atoms with E-state index in [0.29, 0.717) is 44.5 Å². The van der Waals surface area contributed by atoms with E-state index in [-0.39, 0.29) is 30.6 Å². The molecule has 0 bridgehead atoms. The highest BCUT2D eigenvalue weighted by Crippen LogP contribution is 2.37. The number of alkyl carbamates (subject to hydrolysis) is 1. The summed E-state index contributed by atoms with van der Waals surface area (Å²) in [5.41, 5.74) is -4.59. The number of ether oxygens (including phenoxy) is 1. The van der Waals surface area contributed by atoms with Crippen LogP contribution in [-0.4, -0.2) is 113 Å². The number of nitrogens with one attached hydrogen (secondary N) is 1. The molecule has 286 valence electrons. The number of amides is 3. The number of hydrogen-bond acceptors (Lipinski definition) is 6. The van der Waals surface area contributed by atoms with Crippen LogP contribution in [-0.2, 0) is 28.3 Å². The molecule has 0 spiro atoms. The van der Waals surface area contributed by atoms with Crippen LogP contribution >= 0.6 is 0 Å². The summed E-state index contributed by atoms with van der Waals surface area (Å²) in [7, 11) is 0. The zero-order valence-corrected chi connectivity index (χ0v) is 30.1. The van der Waals surface area contributed by atoms with Gasteiger partial charge in [-0.3, -0.25) is 19.4 Å². The Labute approximate surface area is 300 Å². The van der Waals surface area contributed by atoms with E-state index in [1.165, 1.54) is 4.90 Å². The molecule has 2 aromatic rings. The summed E-state index contributed by atoms with van der Waals surface area (Å²) in [4.78, 5) is 47.1. The minimum Gasteiger partial charge on any atom is -0.444 e. The molecule has 5 rings (SSSR count). The summed E-state index contributed by atoms with van der Waals surface area (Å²) in [5.74, 6) is -1.05. The predicted molar refractivity (Wildman–Crippen MR) is 181 cm³/mol. The van der Waals surface area contributed by atoms with Crippen LogP contribution in [0.3, 0.4) is 0 Å². The summed E-state index contributed by atoms with van der Waals surface area (Å²) in [6.07, 6.45) is -9.34. The number of nitrogens with zero attached hydrogens (tertiary/aromatic N) is 4. The smallest absolute Gasteiger partial charge is 0.416 e. The molecule has 3 heterocycles. The highest BCUT2D eigenvalue weighted by Gasteiger charge is 2.44. The Kier molecular flexibility index (Phi) is 11.3. The molecule has 0 saturated carbocycles. The van der Waals surface area contributed by atoms with Crippen LogP contribution in [0.2, 0.25) is 0 Å². The fourth-order valence-electron chi connectivity index (χ4n) is 7.28. The van der Waals surface area contributed by atoms with Crippen LogP contribution in [0, 0.1) is 0 Å². The van der Waals surface area contributed by atoms with Crippen LogP contribution in [0.1, 0.15) is 74.5 Å². The van der Waals surface area contributed by atoms with Gasteiger partial charge >= 0.3 is 18.4 Å². The molecular formula is C37H47F6N5O4. The van der Waals surface area contributed by atoms with Crippen molar-refractivity contribution in [3.05, 3.63) is 70.8 Å². The zero-order chi connectivity index (χ0) is 38.2. The summed E-state index contributed by atoms with van der Waals surface area (Å²) < 4.78 is 87.0. The fourth-order valence-corrected chi connectivity index (χ4v) is 7.28. The molecule has 0 aliphatic carbocycles. The third-order valence-corrected chi connectivity index (χ3v) is 9.98. The predicted octanol–water partition coefficient (Wildman–Crippen LogP) is 6.07. The Balaban J connectivity index is 1.21. The number of piperidine rings is 1. The molecule has 3 saturated heterocycles. The summed E-state index contributed by atoms with van der Waals surface area (Å²) >= 11 is 0. The molecular weight excluding hydrogens is 692 g/mol. The van der Waals surface area contributed by atoms with Crippen molar-refractivity contribution in [2.75, 3.05) is 45.8 Å². The van der Waals surface area contributed by atoms with Gasteiger partial charge in [-0.05, 0) is 77.6 Å². The molecule has 2 aromatic carbocycles. The molecule has 3 aliphatic heterocycles. The minimum absolute atomic E-state index is 0.0356. The van der Waals surface area contributed by atoms with Crippen molar-refractivity contribution in [1.82, 2.24) is 24.9 Å². The molecule has 1 N–H and O–H groups in total. The first-order valence-corrected chi connectivity index (χ1v) is 17.5. The molecule has 3 fully saturated rings. The highest BCUT2D eigenvalue weighted by molar-refractivity contribution is 5.95. The third kappa shape index (κ3) is 9.57. The number of halogens is 6. The lowest BCUT2D eigenvalue weighted by Gasteiger charge is -2.51. The normalized spacial score (nSPS) is 21.4. The van der Waals surface area contributed by atoms with Crippen LogP contribution < -0.4 is 5.32 Å². The molecule has 3 amide bonds. The van der Waals surface area contributed by atoms with E-state index in [4.69, 9.17) is 4.74 Å². The van der Waals surface area contributed by atoms with Crippen molar-refractivity contribution < 1.29 is 45.5 Å². The Hall–Kier alpha value is -3.85. The van der Waals surface area contributed by atoms with E-state index in [1.807, 2.05) is 30.3 Å². The highest BCUT2D eigenvalue weighted by atomic mass is 19.4. The van der Waals surface area contributed by atoms with Gasteiger partial charge in [-0.15, -0.1) is 0 Å². The number of alkyl halides is 6. The second kappa shape index (κ2) is 14.9. The monoisotopic (exact) mass is 739 g/mol. The van der Waals surface area contributed by atoms with Gasteiger partial charge in [0.05, 0.1) is 11.1 Å². The minimum atomic E-state index is -5.06. The average Bonchev–Trinajstić information content (AvgIpc) is 3.02. The van der Waals surface area contributed by atoms with E-state index >= 15 is 0 Å². The lowest BCUT2D eigenvalue weighted by Crippen LogP contribution is -2.68. The van der Waals surface area contributed by atoms with Gasteiger partial charge in [0.1, 0.15) is 11.1 Å². The zero-order valence-electron chi connectivity index (χ0n) is 30.1. The molecule has 2 unspecified atom stereocenters. The van der Waals surface area contributed by atoms with Crippen molar-refractivity contribution in [1.29, 1.82) is 0 Å². The number of benzene rings is 2. The summed E-state index contributed by atoms with van der Waals surface area (Å²) in [5, 5.41) is 2.67. The third-order valence-electron chi connectivity index (χ3n) is 9.98. The van der Waals surface area contributed by atoms with Crippen molar-refractivity contribution in [2.24, 2.45) is 0 Å². The molecule has 15 heteroatoms. The van der Waals surface area contributed by atoms with Crippen LogP contribution in [0.15, 0.2) is 48.5 Å². The number of carbonyl (C=O) groups is 3. The number of likely N-dealkylation sites (tertiary alicyclic amines) is 2. The van der Waals surface area contributed by atoms with E-state index in [0.717, 1.165) is 31.7 Å². The topological polar surface area (TPSA) is 85.4 Å². The standard InChI is InChI=1S/C37H47F6N5O4/c1-34(2,3)52-33(51)44-35(4,5)32(50)47-22-30(23-47)46-15-13-45(14-16-46)28-11-12-48(29(21-28)17-24-9-7-6-8-10-24)31(49)25-18-26(36(38,39)40)20-27(19-25)37(41,42)43/h6-10,18-20,28-30H,11-17,21-23H2,1-5H3,(H,44,51).